The maximum Gasteiger partial charge on any atom is 0.262 e. The number of carbonyl (C=O) groups is 1. The highest BCUT2D eigenvalue weighted by atomic mass is 32.2. The number of nitrogens with one attached hydrogen (secondary N) is 1. The van der Waals surface area contributed by atoms with Gasteiger partial charge in [-0.25, -0.2) is 8.42 Å². The second-order valence-electron chi connectivity index (χ2n) is 6.17. The van der Waals surface area contributed by atoms with Crippen molar-refractivity contribution in [2.75, 3.05) is 16.7 Å². The predicted octanol–water partition coefficient (Wildman–Crippen LogP) is 3.01. The van der Waals surface area contributed by atoms with Crippen molar-refractivity contribution >= 4 is 27.3 Å². The highest BCUT2D eigenvalue weighted by Gasteiger charge is 2.22. The molecule has 24 heavy (non-hydrogen) atoms. The van der Waals surface area contributed by atoms with Crippen LogP contribution in [0.25, 0.3) is 0 Å². The summed E-state index contributed by atoms with van der Waals surface area (Å²) in [5.74, 6) is 0.0752. The molecule has 0 aliphatic carbocycles. The van der Waals surface area contributed by atoms with Crippen molar-refractivity contribution in [1.29, 1.82) is 0 Å². The van der Waals surface area contributed by atoms with Gasteiger partial charge in [-0.2, -0.15) is 0 Å². The number of amides is 1. The Labute approximate surface area is 142 Å². The van der Waals surface area contributed by atoms with E-state index >= 15 is 0 Å². The van der Waals surface area contributed by atoms with E-state index in [0.717, 1.165) is 16.8 Å². The molecule has 1 N–H and O–H groups in total. The van der Waals surface area contributed by atoms with Crippen molar-refractivity contribution in [3.8, 4) is 0 Å². The van der Waals surface area contributed by atoms with Gasteiger partial charge in [0, 0.05) is 24.8 Å². The quantitative estimate of drug-likeness (QED) is 0.931. The lowest BCUT2D eigenvalue weighted by Gasteiger charge is -2.26. The Hall–Kier alpha value is -2.34. The molecule has 0 saturated carbocycles. The van der Waals surface area contributed by atoms with E-state index in [-0.39, 0.29) is 10.8 Å². The van der Waals surface area contributed by atoms with Crippen molar-refractivity contribution in [3.05, 3.63) is 53.1 Å². The molecular weight excluding hydrogens is 324 g/mol. The highest BCUT2D eigenvalue weighted by molar-refractivity contribution is 7.92. The topological polar surface area (TPSA) is 66.5 Å². The number of anilines is 2. The van der Waals surface area contributed by atoms with Gasteiger partial charge in [0.1, 0.15) is 0 Å². The largest absolute Gasteiger partial charge is 0.315 e. The van der Waals surface area contributed by atoms with Crippen LogP contribution in [0.3, 0.4) is 0 Å². The minimum Gasteiger partial charge on any atom is -0.315 e. The zero-order valence-corrected chi connectivity index (χ0v) is 14.8. The van der Waals surface area contributed by atoms with Crippen molar-refractivity contribution in [2.24, 2.45) is 0 Å². The summed E-state index contributed by atoms with van der Waals surface area (Å²) in [5.41, 5.74) is 3.92. The summed E-state index contributed by atoms with van der Waals surface area (Å²) >= 11 is 0. The molecule has 0 aromatic heterocycles. The molecule has 126 valence electrons. The van der Waals surface area contributed by atoms with Crippen LogP contribution in [0.5, 0.6) is 0 Å². The van der Waals surface area contributed by atoms with Crippen molar-refractivity contribution in [2.45, 2.75) is 31.6 Å². The zero-order chi connectivity index (χ0) is 17.5. The normalized spacial score (nSPS) is 14.5. The second kappa shape index (κ2) is 5.94. The minimum atomic E-state index is -3.65. The Kier molecular flexibility index (Phi) is 4.09. The van der Waals surface area contributed by atoms with E-state index in [2.05, 4.69) is 4.72 Å². The Morgan fingerprint density at radius 1 is 1.04 bits per heavy atom. The molecule has 5 nitrogen and oxygen atoms in total. The molecule has 0 unspecified atom stereocenters. The lowest BCUT2D eigenvalue weighted by atomic mass is 10.0. The summed E-state index contributed by atoms with van der Waals surface area (Å²) in [5, 5.41) is 0. The Morgan fingerprint density at radius 3 is 2.54 bits per heavy atom. The Bertz CT molecular complexity index is 920. The fraction of sp³-hybridized carbons (Fsp3) is 0.278. The number of rotatable bonds is 3. The molecule has 0 spiro atoms. The fourth-order valence-electron chi connectivity index (χ4n) is 2.93. The number of fused-ring (bicyclic) bond motifs is 1. The van der Waals surface area contributed by atoms with E-state index in [1.807, 2.05) is 13.0 Å². The molecule has 1 heterocycles. The molecule has 0 atom stereocenters. The molecular formula is C18H20N2O3S. The number of hydrogen-bond donors (Lipinski definition) is 1. The molecule has 1 aliphatic heterocycles. The molecule has 0 saturated heterocycles. The van der Waals surface area contributed by atoms with E-state index in [1.54, 1.807) is 49.2 Å². The van der Waals surface area contributed by atoms with E-state index in [9.17, 15) is 13.2 Å². The Morgan fingerprint density at radius 2 is 1.79 bits per heavy atom. The number of sulfonamides is 1. The van der Waals surface area contributed by atoms with Gasteiger partial charge >= 0.3 is 0 Å². The van der Waals surface area contributed by atoms with Crippen LogP contribution in [0.2, 0.25) is 0 Å². The van der Waals surface area contributed by atoms with Gasteiger partial charge in [-0.1, -0.05) is 12.1 Å². The van der Waals surface area contributed by atoms with E-state index in [4.69, 9.17) is 0 Å². The third kappa shape index (κ3) is 3.01. The van der Waals surface area contributed by atoms with Crippen molar-refractivity contribution in [1.82, 2.24) is 0 Å². The molecule has 2 aromatic carbocycles. The van der Waals surface area contributed by atoms with Gasteiger partial charge in [-0.15, -0.1) is 0 Å². The standard InChI is InChI=1S/C18H20N2O3S/c1-12-4-5-13(2)17(10-12)24(22,23)19-15-7-8-16-14(11-15)6-9-18(21)20(16)3/h4-5,7-8,10-11,19H,6,9H2,1-3H3. The lowest BCUT2D eigenvalue weighted by molar-refractivity contribution is -0.118. The number of hydrogen-bond acceptors (Lipinski definition) is 3. The van der Waals surface area contributed by atoms with Crippen LogP contribution < -0.4 is 9.62 Å². The maximum absolute atomic E-state index is 12.7. The molecule has 0 fully saturated rings. The summed E-state index contributed by atoms with van der Waals surface area (Å²) in [7, 11) is -1.91. The summed E-state index contributed by atoms with van der Waals surface area (Å²) in [6, 6.07) is 10.6. The molecule has 3 rings (SSSR count). The number of carbonyl (C=O) groups excluding carboxylic acids is 1. The number of nitrogens with zero attached hydrogens (tertiary/aromatic N) is 1. The first-order valence-electron chi connectivity index (χ1n) is 7.77. The summed E-state index contributed by atoms with van der Waals surface area (Å²) in [6.45, 7) is 3.64. The van der Waals surface area contributed by atoms with Gasteiger partial charge in [-0.05, 0) is 61.2 Å². The van der Waals surface area contributed by atoms with Crippen LogP contribution in [0.15, 0.2) is 41.3 Å². The van der Waals surface area contributed by atoms with Crippen LogP contribution in [-0.4, -0.2) is 21.4 Å². The Balaban J connectivity index is 1.94. The SMILES string of the molecule is Cc1ccc(C)c(S(=O)(=O)Nc2ccc3c(c2)CCC(=O)N3C)c1. The summed E-state index contributed by atoms with van der Waals surface area (Å²) in [6.07, 6.45) is 1.06. The van der Waals surface area contributed by atoms with Gasteiger partial charge in [-0.3, -0.25) is 9.52 Å². The number of benzene rings is 2. The van der Waals surface area contributed by atoms with Crippen LogP contribution >= 0.6 is 0 Å². The van der Waals surface area contributed by atoms with Gasteiger partial charge in [0.2, 0.25) is 5.91 Å². The van der Waals surface area contributed by atoms with Crippen LogP contribution in [0.1, 0.15) is 23.1 Å². The fourth-order valence-corrected chi connectivity index (χ4v) is 4.31. The molecule has 1 amide bonds. The van der Waals surface area contributed by atoms with Gasteiger partial charge in [0.05, 0.1) is 4.90 Å². The molecule has 0 radical (unpaired) electrons. The van der Waals surface area contributed by atoms with Crippen molar-refractivity contribution < 1.29 is 13.2 Å². The first-order valence-corrected chi connectivity index (χ1v) is 9.26. The lowest BCUT2D eigenvalue weighted by Crippen LogP contribution is -2.31. The average Bonchev–Trinajstić information content (AvgIpc) is 2.53. The molecule has 2 aromatic rings. The summed E-state index contributed by atoms with van der Waals surface area (Å²) in [4.78, 5) is 13.6. The zero-order valence-electron chi connectivity index (χ0n) is 14.0. The smallest absolute Gasteiger partial charge is 0.262 e. The third-order valence-corrected chi connectivity index (χ3v) is 5.83. The van der Waals surface area contributed by atoms with Gasteiger partial charge in [0.25, 0.3) is 10.0 Å². The van der Waals surface area contributed by atoms with Crippen LogP contribution in [0, 0.1) is 13.8 Å². The molecule has 1 aliphatic rings. The molecule has 6 heteroatoms. The number of aryl methyl sites for hydroxylation is 3. The van der Waals surface area contributed by atoms with E-state index in [1.165, 1.54) is 0 Å². The third-order valence-electron chi connectivity index (χ3n) is 4.31. The average molecular weight is 344 g/mol. The van der Waals surface area contributed by atoms with Gasteiger partial charge in [0.15, 0.2) is 0 Å². The minimum absolute atomic E-state index is 0.0752. The van der Waals surface area contributed by atoms with Crippen molar-refractivity contribution in [3.63, 3.8) is 0 Å². The highest BCUT2D eigenvalue weighted by Crippen LogP contribution is 2.30. The summed E-state index contributed by atoms with van der Waals surface area (Å²) < 4.78 is 28.0. The first kappa shape index (κ1) is 16.5. The monoisotopic (exact) mass is 344 g/mol. The van der Waals surface area contributed by atoms with E-state index < -0.39 is 10.0 Å². The van der Waals surface area contributed by atoms with Crippen LogP contribution in [0.4, 0.5) is 11.4 Å². The molecule has 0 bridgehead atoms. The van der Waals surface area contributed by atoms with Crippen LogP contribution in [-0.2, 0) is 21.2 Å². The van der Waals surface area contributed by atoms with Gasteiger partial charge < -0.3 is 4.90 Å². The first-order chi connectivity index (χ1) is 11.3. The maximum atomic E-state index is 12.7. The second-order valence-corrected chi connectivity index (χ2v) is 7.82. The predicted molar refractivity (Wildman–Crippen MR) is 94.9 cm³/mol. The van der Waals surface area contributed by atoms with E-state index in [0.29, 0.717) is 24.1 Å².